The topological polar surface area (TPSA) is 26.3 Å². The van der Waals surface area contributed by atoms with Gasteiger partial charge in [-0.05, 0) is 6.92 Å². The average Bonchev–Trinajstić information content (AvgIpc) is 2.98. The minimum Gasteiger partial charge on any atom is -0.462 e. The first-order valence-corrected chi connectivity index (χ1v) is 12.2. The second kappa shape index (κ2) is 13.2. The Bertz CT molecular complexity index is 1480. The molecule has 0 aromatic heterocycles. The van der Waals surface area contributed by atoms with Crippen LogP contribution in [0.5, 0.6) is 0 Å². The van der Waals surface area contributed by atoms with Crippen molar-refractivity contribution in [2.45, 2.75) is 102 Å². The third-order valence-electron chi connectivity index (χ3n) is 6.78. The summed E-state index contributed by atoms with van der Waals surface area (Å²) in [4.78, 5) is 11.1. The van der Waals surface area contributed by atoms with Crippen LogP contribution in [-0.4, -0.2) is 108 Å². The molecule has 0 aliphatic rings. The molecule has 0 aliphatic heterocycles. The number of hydrogen-bond donors (Lipinski definition) is 0. The molecule has 35 heteroatoms. The van der Waals surface area contributed by atoms with Gasteiger partial charge in [0.05, 0.1) is 6.61 Å². The Morgan fingerprint density at radius 1 is 0.339 bits per heavy atom. The molecule has 0 saturated heterocycles. The van der Waals surface area contributed by atoms with Crippen molar-refractivity contribution >= 4 is 5.97 Å². The lowest BCUT2D eigenvalue weighted by molar-refractivity contribution is -0.490. The highest BCUT2D eigenvalue weighted by Crippen LogP contribution is 2.70. The van der Waals surface area contributed by atoms with Crippen molar-refractivity contribution in [3.8, 4) is 0 Å². The fraction of sp³-hybridized carbons (Fsp3) is 0.857. The van der Waals surface area contributed by atoms with Crippen molar-refractivity contribution in [3.05, 3.63) is 12.2 Å². The van der Waals surface area contributed by atoms with E-state index in [4.69, 9.17) is 0 Å². The summed E-state index contributed by atoms with van der Waals surface area (Å²) in [6.07, 6.45) is -8.41. The minimum atomic E-state index is -10.3. The number of carbonyl (C=O) groups is 1. The lowest BCUT2D eigenvalue weighted by Gasteiger charge is -2.46. The van der Waals surface area contributed by atoms with Crippen LogP contribution < -0.4 is 0 Å². The second-order valence-electron chi connectivity index (χ2n) is 10.3. The summed E-state index contributed by atoms with van der Waals surface area (Å²) in [5.41, 5.74) is -3.56. The van der Waals surface area contributed by atoms with Crippen molar-refractivity contribution < 1.29 is 154 Å². The van der Waals surface area contributed by atoms with Gasteiger partial charge in [-0.3, -0.25) is 0 Å². The summed E-state index contributed by atoms with van der Waals surface area (Å²) in [6.45, 7) is 0.807. The third kappa shape index (κ3) is 6.04. The maximum Gasteiger partial charge on any atom is 0.460 e. The van der Waals surface area contributed by atoms with Gasteiger partial charge in [-0.1, -0.05) is 6.58 Å². The summed E-state index contributed by atoms with van der Waals surface area (Å²) in [7, 11) is 0. The fourth-order valence-electron chi connectivity index (χ4n) is 3.28. The SMILES string of the molecule is C=C(C(=O)OCC)C(F)(F)C(F)(F)C(F)(F)C(F)(F)C(F)(F)C(F)(F)C(F)(F)C(F)(F)C(F)(F)C(F)(F)C(F)(F)C(F)(F)C(F)(F)C(F)(F)C(F)(F)C(F)(F)F. The van der Waals surface area contributed by atoms with Crippen LogP contribution in [0.15, 0.2) is 12.2 Å². The molecule has 0 bridgehead atoms. The van der Waals surface area contributed by atoms with Crippen LogP contribution >= 0.6 is 0 Å². The average molecular weight is 918 g/mol. The van der Waals surface area contributed by atoms with E-state index in [2.05, 4.69) is 4.74 Å². The van der Waals surface area contributed by atoms with Crippen molar-refractivity contribution in [2.75, 3.05) is 6.61 Å². The van der Waals surface area contributed by atoms with Gasteiger partial charge in [0, 0.05) is 0 Å². The molecule has 0 N–H and O–H groups in total. The first kappa shape index (κ1) is 52.9. The van der Waals surface area contributed by atoms with Gasteiger partial charge in [-0.25, -0.2) is 4.79 Å². The molecule has 334 valence electrons. The van der Waals surface area contributed by atoms with Crippen molar-refractivity contribution in [1.29, 1.82) is 0 Å². The van der Waals surface area contributed by atoms with Crippen LogP contribution in [0.3, 0.4) is 0 Å². The van der Waals surface area contributed by atoms with E-state index in [1.165, 1.54) is 0 Å². The van der Waals surface area contributed by atoms with E-state index in [1.54, 1.807) is 6.58 Å². The van der Waals surface area contributed by atoms with Gasteiger partial charge in [0.15, 0.2) is 0 Å². The highest BCUT2D eigenvalue weighted by molar-refractivity contribution is 5.90. The predicted molar refractivity (Wildman–Crippen MR) is 106 cm³/mol. The lowest BCUT2D eigenvalue weighted by Crippen LogP contribution is -2.80. The van der Waals surface area contributed by atoms with Gasteiger partial charge in [-0.15, -0.1) is 0 Å². The molecular formula is C21H7F33O2. The van der Waals surface area contributed by atoms with Gasteiger partial charge in [0.25, 0.3) is 0 Å². The Morgan fingerprint density at radius 3 is 0.661 bits per heavy atom. The lowest BCUT2D eigenvalue weighted by atomic mass is 9.82. The largest absolute Gasteiger partial charge is 0.462 e. The van der Waals surface area contributed by atoms with E-state index < -0.39 is 113 Å². The smallest absolute Gasteiger partial charge is 0.460 e. The zero-order chi connectivity index (χ0) is 46.6. The number of alkyl halides is 33. The van der Waals surface area contributed by atoms with E-state index in [9.17, 15) is 150 Å². The van der Waals surface area contributed by atoms with Crippen LogP contribution in [-0.2, 0) is 9.53 Å². The molecule has 0 amide bonds. The zero-order valence-corrected chi connectivity index (χ0v) is 24.7. The van der Waals surface area contributed by atoms with Crippen LogP contribution in [0.25, 0.3) is 0 Å². The number of ether oxygens (including phenoxy) is 1. The number of halogens is 33. The first-order valence-electron chi connectivity index (χ1n) is 12.2. The maximum atomic E-state index is 14.0. The Kier molecular flexibility index (Phi) is 12.5. The van der Waals surface area contributed by atoms with Crippen LogP contribution in [0.4, 0.5) is 145 Å². The standard InChI is InChI=1S/C21H7F33O2/c1-3-56-5(55)4(2)6(22,23)7(24,25)8(26,27)9(28,29)10(30,31)11(32,33)12(34,35)13(36,37)14(38,39)15(40,41)16(42,43)17(44,45)18(46,47)19(48,49)20(50,51)21(52,53)54/h2-3H2,1H3. The van der Waals surface area contributed by atoms with Crippen LogP contribution in [0, 0.1) is 0 Å². The maximum absolute atomic E-state index is 14.0. The Labute approximate surface area is 282 Å². The molecule has 0 aromatic carbocycles. The first-order chi connectivity index (χ1) is 23.6. The van der Waals surface area contributed by atoms with Gasteiger partial charge in [0.1, 0.15) is 5.57 Å². The quantitative estimate of drug-likeness (QED) is 0.0826. The van der Waals surface area contributed by atoms with E-state index in [0.717, 1.165) is 0 Å². The molecule has 0 fully saturated rings. The molecule has 56 heavy (non-hydrogen) atoms. The Morgan fingerprint density at radius 2 is 0.500 bits per heavy atom. The van der Waals surface area contributed by atoms with Gasteiger partial charge in [-0.2, -0.15) is 145 Å². The van der Waals surface area contributed by atoms with Crippen LogP contribution in [0.1, 0.15) is 6.92 Å². The van der Waals surface area contributed by atoms with Gasteiger partial charge >= 0.3 is 101 Å². The molecule has 2 nitrogen and oxygen atoms in total. The van der Waals surface area contributed by atoms with E-state index in [-0.39, 0.29) is 0 Å². The summed E-state index contributed by atoms with van der Waals surface area (Å²) in [6, 6.07) is 0. The monoisotopic (exact) mass is 918 g/mol. The molecule has 0 aromatic rings. The second-order valence-corrected chi connectivity index (χ2v) is 10.3. The number of hydrogen-bond acceptors (Lipinski definition) is 2. The number of rotatable bonds is 17. The zero-order valence-electron chi connectivity index (χ0n) is 24.7. The molecule has 0 spiro atoms. The molecule has 0 unspecified atom stereocenters. The molecule has 0 heterocycles. The normalized spacial score (nSPS) is 16.6. The summed E-state index contributed by atoms with van der Waals surface area (Å²) < 4.78 is 452. The summed E-state index contributed by atoms with van der Waals surface area (Å²) in [5, 5.41) is 0. The molecule has 0 atom stereocenters. The highest BCUT2D eigenvalue weighted by Gasteiger charge is 3.02. The van der Waals surface area contributed by atoms with Crippen LogP contribution in [0.2, 0.25) is 0 Å². The third-order valence-corrected chi connectivity index (χ3v) is 6.78. The molecule has 0 aliphatic carbocycles. The predicted octanol–water partition coefficient (Wildman–Crippen LogP) is 11.2. The molecule has 0 radical (unpaired) electrons. The summed E-state index contributed by atoms with van der Waals surface area (Å²) >= 11 is 0. The van der Waals surface area contributed by atoms with Crippen molar-refractivity contribution in [1.82, 2.24) is 0 Å². The van der Waals surface area contributed by atoms with Gasteiger partial charge in [0.2, 0.25) is 0 Å². The number of esters is 1. The number of carbonyl (C=O) groups excluding carboxylic acids is 1. The van der Waals surface area contributed by atoms with Gasteiger partial charge < -0.3 is 4.74 Å². The van der Waals surface area contributed by atoms with E-state index >= 15 is 0 Å². The Balaban J connectivity index is 7.76. The van der Waals surface area contributed by atoms with E-state index in [1.807, 2.05) is 0 Å². The molecular weight excluding hydrogens is 911 g/mol. The molecule has 0 saturated carbocycles. The molecule has 0 rings (SSSR count). The van der Waals surface area contributed by atoms with Crippen molar-refractivity contribution in [3.63, 3.8) is 0 Å². The van der Waals surface area contributed by atoms with Crippen molar-refractivity contribution in [2.24, 2.45) is 0 Å². The minimum absolute atomic E-state index is 0.544. The summed E-state index contributed by atoms with van der Waals surface area (Å²) in [5.74, 6) is -147. The highest BCUT2D eigenvalue weighted by atomic mass is 19.4. The van der Waals surface area contributed by atoms with E-state index in [0.29, 0.717) is 6.92 Å². The fourth-order valence-corrected chi connectivity index (χ4v) is 3.28. The Hall–Kier alpha value is -3.10.